The Bertz CT molecular complexity index is 1780. The highest BCUT2D eigenvalue weighted by Crippen LogP contribution is 2.36. The Balaban J connectivity index is 1.29. The average molecular weight is 469 g/mol. The molecule has 174 valence electrons. The summed E-state index contributed by atoms with van der Waals surface area (Å²) in [6.07, 6.45) is 2.97. The third-order valence-electron chi connectivity index (χ3n) is 7.60. The molecule has 0 saturated heterocycles. The Morgan fingerprint density at radius 1 is 0.639 bits per heavy atom. The van der Waals surface area contributed by atoms with Gasteiger partial charge in [0.1, 0.15) is 11.5 Å². The van der Waals surface area contributed by atoms with E-state index in [1.165, 1.54) is 16.2 Å². The number of carbonyl (C=O) groups is 1. The number of esters is 1. The van der Waals surface area contributed by atoms with Gasteiger partial charge in [-0.3, -0.25) is 0 Å². The van der Waals surface area contributed by atoms with Gasteiger partial charge in [0, 0.05) is 0 Å². The van der Waals surface area contributed by atoms with E-state index < -0.39 is 0 Å². The topological polar surface area (TPSA) is 46.5 Å². The fourth-order valence-corrected chi connectivity index (χ4v) is 5.66. The van der Waals surface area contributed by atoms with Crippen LogP contribution >= 0.6 is 0 Å². The zero-order valence-corrected chi connectivity index (χ0v) is 19.8. The van der Waals surface area contributed by atoms with E-state index in [1.807, 2.05) is 36.4 Å². The summed E-state index contributed by atoms with van der Waals surface area (Å²) in [4.78, 5) is 13.6. The van der Waals surface area contributed by atoms with Crippen molar-refractivity contribution in [2.45, 2.75) is 25.7 Å². The van der Waals surface area contributed by atoms with Gasteiger partial charge in [-0.2, -0.15) is 0 Å². The zero-order chi connectivity index (χ0) is 24.2. The van der Waals surface area contributed by atoms with Crippen LogP contribution in [0.3, 0.4) is 0 Å². The van der Waals surface area contributed by atoms with Crippen LogP contribution in [0.15, 0.2) is 91.0 Å². The lowest BCUT2D eigenvalue weighted by molar-refractivity contribution is 0.0735. The molecular weight excluding hydrogens is 444 g/mol. The van der Waals surface area contributed by atoms with Gasteiger partial charge in [-0.15, -0.1) is 0 Å². The molecule has 4 aliphatic carbocycles. The summed E-state index contributed by atoms with van der Waals surface area (Å²) < 4.78 is 6.12. The molecule has 0 aromatic heterocycles. The molecule has 3 nitrogen and oxygen atoms in total. The summed E-state index contributed by atoms with van der Waals surface area (Å²) >= 11 is 0. The van der Waals surface area contributed by atoms with E-state index in [-0.39, 0.29) is 5.97 Å². The van der Waals surface area contributed by atoms with Crippen LogP contribution < -0.4 is 4.74 Å². The Morgan fingerprint density at radius 2 is 1.28 bits per heavy atom. The van der Waals surface area contributed by atoms with E-state index >= 15 is 0 Å². The molecule has 4 bridgehead atoms. The molecule has 0 radical (unpaired) electrons. The highest BCUT2D eigenvalue weighted by atomic mass is 16.5. The van der Waals surface area contributed by atoms with Crippen LogP contribution in [0.4, 0.5) is 0 Å². The normalized spacial score (nSPS) is 13.3. The van der Waals surface area contributed by atoms with Crippen molar-refractivity contribution in [1.29, 1.82) is 0 Å². The van der Waals surface area contributed by atoms with Gasteiger partial charge in [-0.1, -0.05) is 72.8 Å². The molecule has 0 heterocycles. The third-order valence-corrected chi connectivity index (χ3v) is 7.60. The van der Waals surface area contributed by atoms with Gasteiger partial charge < -0.3 is 9.84 Å². The molecular formula is C33H24O3. The summed E-state index contributed by atoms with van der Waals surface area (Å²) in [6, 6.07) is 30.7. The van der Waals surface area contributed by atoms with Gasteiger partial charge in [0.2, 0.25) is 0 Å². The van der Waals surface area contributed by atoms with Crippen LogP contribution in [0, 0.1) is 0 Å². The van der Waals surface area contributed by atoms with Crippen molar-refractivity contribution in [2.75, 3.05) is 0 Å². The highest BCUT2D eigenvalue weighted by molar-refractivity contribution is 6.26. The van der Waals surface area contributed by atoms with Gasteiger partial charge >= 0.3 is 5.97 Å². The van der Waals surface area contributed by atoms with E-state index in [0.29, 0.717) is 17.1 Å². The minimum atomic E-state index is -0.334. The van der Waals surface area contributed by atoms with Crippen molar-refractivity contribution in [2.24, 2.45) is 0 Å². The number of hydrogen-bond donors (Lipinski definition) is 1. The molecule has 1 N–H and O–H groups in total. The molecule has 0 fully saturated rings. The number of ether oxygens (including phenoxy) is 1. The fraction of sp³-hybridized carbons (Fsp3) is 0.121. The number of aryl methyl sites for hydroxylation is 4. The minimum Gasteiger partial charge on any atom is -0.508 e. The standard InChI is InChI=1S/C33H24O3/c34-29-18-20-4-8-22(29)9-5-21-7-11-23(10-6-20)30(19-21)36-33(35)28-17-15-26-13-12-24-2-1-3-25-14-16-27(28)32(26)31(24)25/h1-4,7-8,11-19,34H,5-6,9-10H2. The molecule has 6 aromatic carbocycles. The number of phenols is 1. The molecule has 4 aliphatic rings. The summed E-state index contributed by atoms with van der Waals surface area (Å²) in [5.41, 5.74) is 4.67. The van der Waals surface area contributed by atoms with Crippen LogP contribution in [-0.2, 0) is 25.7 Å². The third kappa shape index (κ3) is 3.39. The van der Waals surface area contributed by atoms with Crippen LogP contribution in [0.5, 0.6) is 11.5 Å². The SMILES string of the molecule is O=C(Oc1cc2ccc1CCc1ccc(c(O)c1)CC2)c1ccc2ccc3cccc4ccc1c2c34. The summed E-state index contributed by atoms with van der Waals surface area (Å²) in [5.74, 6) is 0.657. The second kappa shape index (κ2) is 8.10. The maximum absolute atomic E-state index is 13.6. The molecule has 0 saturated carbocycles. The summed E-state index contributed by atoms with van der Waals surface area (Å²) in [7, 11) is 0. The molecule has 3 heteroatoms. The first-order chi connectivity index (χ1) is 17.6. The molecule has 36 heavy (non-hydrogen) atoms. The van der Waals surface area contributed by atoms with Gasteiger partial charge in [0.15, 0.2) is 0 Å². The lowest BCUT2D eigenvalue weighted by atomic mass is 9.92. The number of benzene rings is 6. The Hall–Kier alpha value is -4.37. The van der Waals surface area contributed by atoms with E-state index in [1.54, 1.807) is 0 Å². The van der Waals surface area contributed by atoms with Crippen molar-refractivity contribution in [3.8, 4) is 11.5 Å². The highest BCUT2D eigenvalue weighted by Gasteiger charge is 2.19. The van der Waals surface area contributed by atoms with Crippen molar-refractivity contribution in [3.63, 3.8) is 0 Å². The van der Waals surface area contributed by atoms with Crippen molar-refractivity contribution < 1.29 is 14.6 Å². The van der Waals surface area contributed by atoms with Gasteiger partial charge in [-0.25, -0.2) is 4.79 Å². The Labute approximate surface area is 208 Å². The van der Waals surface area contributed by atoms with E-state index in [4.69, 9.17) is 4.74 Å². The number of hydrogen-bond acceptors (Lipinski definition) is 3. The molecule has 0 spiro atoms. The van der Waals surface area contributed by atoms with Crippen molar-refractivity contribution in [3.05, 3.63) is 119 Å². The number of carbonyl (C=O) groups excluding carboxylic acids is 1. The van der Waals surface area contributed by atoms with E-state index in [0.717, 1.165) is 64.1 Å². The maximum Gasteiger partial charge on any atom is 0.344 e. The fourth-order valence-electron chi connectivity index (χ4n) is 5.66. The predicted octanol–water partition coefficient (Wildman–Crippen LogP) is 7.39. The Morgan fingerprint density at radius 3 is 2.06 bits per heavy atom. The number of phenolic OH excluding ortho intramolecular Hbond substituents is 1. The molecule has 0 unspecified atom stereocenters. The smallest absolute Gasteiger partial charge is 0.344 e. The Kier molecular flexibility index (Phi) is 4.71. The van der Waals surface area contributed by atoms with Crippen LogP contribution in [0.25, 0.3) is 32.3 Å². The van der Waals surface area contributed by atoms with Crippen LogP contribution in [0.2, 0.25) is 0 Å². The van der Waals surface area contributed by atoms with Gasteiger partial charge in [-0.05, 0) is 98.5 Å². The predicted molar refractivity (Wildman–Crippen MR) is 144 cm³/mol. The lowest BCUT2D eigenvalue weighted by Gasteiger charge is -2.16. The zero-order valence-electron chi connectivity index (χ0n) is 19.8. The molecule has 0 aliphatic heterocycles. The summed E-state index contributed by atoms with van der Waals surface area (Å²) in [6.45, 7) is 0. The number of aromatic hydroxyl groups is 1. The van der Waals surface area contributed by atoms with E-state index in [9.17, 15) is 9.90 Å². The van der Waals surface area contributed by atoms with Gasteiger partial charge in [0.25, 0.3) is 0 Å². The minimum absolute atomic E-state index is 0.334. The molecule has 10 rings (SSSR count). The van der Waals surface area contributed by atoms with Crippen LogP contribution in [0.1, 0.15) is 32.6 Å². The van der Waals surface area contributed by atoms with Crippen molar-refractivity contribution >= 4 is 38.3 Å². The quantitative estimate of drug-likeness (QED) is 0.164. The van der Waals surface area contributed by atoms with Crippen LogP contribution in [-0.4, -0.2) is 11.1 Å². The molecule has 0 amide bonds. The summed E-state index contributed by atoms with van der Waals surface area (Å²) in [5, 5.41) is 17.1. The monoisotopic (exact) mass is 468 g/mol. The molecule has 6 aromatic rings. The first-order valence-corrected chi connectivity index (χ1v) is 12.5. The average Bonchev–Trinajstić information content (AvgIpc) is 2.89. The second-order valence-corrected chi connectivity index (χ2v) is 9.76. The van der Waals surface area contributed by atoms with Crippen molar-refractivity contribution in [1.82, 2.24) is 0 Å². The second-order valence-electron chi connectivity index (χ2n) is 9.76. The van der Waals surface area contributed by atoms with Gasteiger partial charge in [0.05, 0.1) is 5.56 Å². The van der Waals surface area contributed by atoms with E-state index in [2.05, 4.69) is 54.6 Å². The first kappa shape index (κ1) is 21.0. The largest absolute Gasteiger partial charge is 0.508 e. The number of rotatable bonds is 2. The lowest BCUT2D eigenvalue weighted by Crippen LogP contribution is -2.11. The molecule has 0 atom stereocenters. The first-order valence-electron chi connectivity index (χ1n) is 12.5. The maximum atomic E-state index is 13.6.